The first-order valence-corrected chi connectivity index (χ1v) is 2.65. The Bertz CT molecular complexity index is 126. The third-order valence-corrected chi connectivity index (χ3v) is 2.82. The van der Waals surface area contributed by atoms with Crippen LogP contribution in [-0.2, 0) is 0 Å². The lowest BCUT2D eigenvalue weighted by atomic mass is 10.2. The molecule has 32 valence electrons. The Morgan fingerprint density at radius 1 is 1.67 bits per heavy atom. The lowest BCUT2D eigenvalue weighted by molar-refractivity contribution is 0.737. The summed E-state index contributed by atoms with van der Waals surface area (Å²) >= 11 is 0. The Morgan fingerprint density at radius 2 is 2.33 bits per heavy atom. The van der Waals surface area contributed by atoms with Crippen molar-refractivity contribution >= 4 is 0 Å². The highest BCUT2D eigenvalue weighted by Crippen LogP contribution is 2.82. The smallest absolute Gasteiger partial charge is 0.0418 e. The third kappa shape index (κ3) is 0.0557. The van der Waals surface area contributed by atoms with Gasteiger partial charge in [0.15, 0.2) is 0 Å². The summed E-state index contributed by atoms with van der Waals surface area (Å²) in [5, 5.41) is 3.39. The van der Waals surface area contributed by atoms with Crippen LogP contribution in [0.1, 0.15) is 6.92 Å². The van der Waals surface area contributed by atoms with Gasteiger partial charge in [0.05, 0.1) is 0 Å². The van der Waals surface area contributed by atoms with Gasteiger partial charge in [-0.25, -0.2) is 0 Å². The van der Waals surface area contributed by atoms with E-state index in [4.69, 9.17) is 0 Å². The summed E-state index contributed by atoms with van der Waals surface area (Å²) in [5.41, 5.74) is 0.792. The van der Waals surface area contributed by atoms with Crippen molar-refractivity contribution in [1.29, 1.82) is 0 Å². The molecule has 0 radical (unpaired) electrons. The summed E-state index contributed by atoms with van der Waals surface area (Å²) in [6.45, 7) is 2.33. The Balaban J connectivity index is 2.19. The van der Waals surface area contributed by atoms with Crippen molar-refractivity contribution in [2.45, 2.75) is 18.5 Å². The second kappa shape index (κ2) is 0.305. The molecule has 3 rings (SSSR count). The monoisotopic (exact) mass is 81.1 g/mol. The van der Waals surface area contributed by atoms with E-state index in [9.17, 15) is 0 Å². The van der Waals surface area contributed by atoms with Gasteiger partial charge < -0.3 is 5.32 Å². The second-order valence-electron chi connectivity index (χ2n) is 2.87. The van der Waals surface area contributed by atoms with Crippen molar-refractivity contribution in [1.82, 2.24) is 5.32 Å². The summed E-state index contributed by atoms with van der Waals surface area (Å²) in [6.07, 6.45) is 0. The molecular weight excluding hydrogens is 74.1 g/mol. The zero-order chi connectivity index (χ0) is 3.94. The van der Waals surface area contributed by atoms with Crippen molar-refractivity contribution in [2.24, 2.45) is 11.8 Å². The first-order chi connectivity index (χ1) is 2.87. The van der Waals surface area contributed by atoms with Crippen LogP contribution in [0.4, 0.5) is 0 Å². The van der Waals surface area contributed by atoms with Gasteiger partial charge in [-0.1, -0.05) is 6.92 Å². The maximum absolute atomic E-state index is 3.39. The van der Waals surface area contributed by atoms with Gasteiger partial charge in [0.2, 0.25) is 0 Å². The van der Waals surface area contributed by atoms with Crippen LogP contribution in [-0.4, -0.2) is 11.6 Å². The average molecular weight is 81.1 g/mol. The van der Waals surface area contributed by atoms with E-state index in [2.05, 4.69) is 12.2 Å². The minimum Gasteiger partial charge on any atom is -0.304 e. The summed E-state index contributed by atoms with van der Waals surface area (Å²) in [6, 6.07) is 1.02. The van der Waals surface area contributed by atoms with Crippen LogP contribution < -0.4 is 5.32 Å². The second-order valence-corrected chi connectivity index (χ2v) is 2.87. The maximum atomic E-state index is 3.39. The molecule has 4 unspecified atom stereocenters. The SMILES string of the molecule is CC1C2C3NC132. The molecule has 1 spiro atoms. The summed E-state index contributed by atoms with van der Waals surface area (Å²) in [7, 11) is 0. The standard InChI is InChI=1S/C5H7N/c1-2-3-4-5(2,3)6-4/h2-4,6H,1H3. The van der Waals surface area contributed by atoms with E-state index in [0.29, 0.717) is 0 Å². The molecule has 3 fully saturated rings. The van der Waals surface area contributed by atoms with E-state index in [1.807, 2.05) is 0 Å². The van der Waals surface area contributed by atoms with Crippen LogP contribution in [0.15, 0.2) is 0 Å². The van der Waals surface area contributed by atoms with Crippen LogP contribution in [0, 0.1) is 11.8 Å². The fraction of sp³-hybridized carbons (Fsp3) is 1.00. The Labute approximate surface area is 36.7 Å². The molecule has 2 saturated carbocycles. The topological polar surface area (TPSA) is 21.9 Å². The van der Waals surface area contributed by atoms with Crippen LogP contribution in [0.3, 0.4) is 0 Å². The van der Waals surface area contributed by atoms with E-state index in [-0.39, 0.29) is 0 Å². The number of hydrogen-bond acceptors (Lipinski definition) is 1. The third-order valence-electron chi connectivity index (χ3n) is 2.82. The van der Waals surface area contributed by atoms with Gasteiger partial charge in [-0.15, -0.1) is 0 Å². The predicted molar refractivity (Wildman–Crippen MR) is 22.3 cm³/mol. The maximum Gasteiger partial charge on any atom is 0.0418 e. The normalized spacial score (nSPS) is 90.5. The fourth-order valence-corrected chi connectivity index (χ4v) is 1.96. The number of fused-ring (bicyclic) bond motifs is 1. The molecule has 0 bridgehead atoms. The summed E-state index contributed by atoms with van der Waals surface area (Å²) in [5.74, 6) is 2.21. The van der Waals surface area contributed by atoms with Crippen LogP contribution in [0.2, 0.25) is 0 Å². The molecular formula is C5H7N. The molecule has 4 atom stereocenters. The van der Waals surface area contributed by atoms with Gasteiger partial charge >= 0.3 is 0 Å². The highest BCUT2D eigenvalue weighted by molar-refractivity contribution is 5.55. The minimum absolute atomic E-state index is 0.792. The molecule has 1 N–H and O–H groups in total. The summed E-state index contributed by atoms with van der Waals surface area (Å²) in [4.78, 5) is 0. The molecule has 0 amide bonds. The van der Waals surface area contributed by atoms with Gasteiger partial charge in [-0.3, -0.25) is 0 Å². The molecule has 6 heavy (non-hydrogen) atoms. The first-order valence-electron chi connectivity index (χ1n) is 2.65. The molecule has 0 aromatic rings. The molecule has 1 nitrogen and oxygen atoms in total. The van der Waals surface area contributed by atoms with Crippen molar-refractivity contribution in [2.75, 3.05) is 0 Å². The zero-order valence-electron chi connectivity index (χ0n) is 3.73. The quantitative estimate of drug-likeness (QED) is 0.406. The van der Waals surface area contributed by atoms with Gasteiger partial charge in [-0.05, 0) is 5.92 Å². The molecule has 0 aromatic carbocycles. The van der Waals surface area contributed by atoms with E-state index in [1.165, 1.54) is 0 Å². The zero-order valence-corrected chi connectivity index (χ0v) is 3.73. The van der Waals surface area contributed by atoms with Gasteiger partial charge in [0.25, 0.3) is 0 Å². The summed E-state index contributed by atoms with van der Waals surface area (Å²) < 4.78 is 0. The first kappa shape index (κ1) is 2.31. The predicted octanol–water partition coefficient (Wildman–Crippen LogP) is -0.0235. The van der Waals surface area contributed by atoms with E-state index >= 15 is 0 Å². The molecule has 3 aliphatic rings. The van der Waals surface area contributed by atoms with E-state index < -0.39 is 0 Å². The largest absolute Gasteiger partial charge is 0.304 e. The van der Waals surface area contributed by atoms with Gasteiger partial charge in [-0.2, -0.15) is 0 Å². The van der Waals surface area contributed by atoms with Crippen LogP contribution in [0.5, 0.6) is 0 Å². The molecule has 1 aliphatic heterocycles. The highest BCUT2D eigenvalue weighted by atomic mass is 15.4. The van der Waals surface area contributed by atoms with E-state index in [0.717, 1.165) is 23.4 Å². The lowest BCUT2D eigenvalue weighted by Crippen LogP contribution is -1.91. The van der Waals surface area contributed by atoms with Crippen molar-refractivity contribution in [3.05, 3.63) is 0 Å². The number of rotatable bonds is 0. The number of nitrogens with one attached hydrogen (secondary N) is 1. The van der Waals surface area contributed by atoms with E-state index in [1.54, 1.807) is 0 Å². The Kier molecular flexibility index (Phi) is 0.118. The Morgan fingerprint density at radius 3 is 2.33 bits per heavy atom. The highest BCUT2D eigenvalue weighted by Gasteiger charge is 2.97. The molecule has 1 heterocycles. The molecule has 1 heteroatoms. The molecule has 1 saturated heterocycles. The molecule has 0 aromatic heterocycles. The van der Waals surface area contributed by atoms with Crippen molar-refractivity contribution in [3.8, 4) is 0 Å². The van der Waals surface area contributed by atoms with Crippen LogP contribution in [0.25, 0.3) is 0 Å². The average Bonchev–Trinajstić information content (AvgIpc) is 2.13. The van der Waals surface area contributed by atoms with Gasteiger partial charge in [0.1, 0.15) is 0 Å². The fourth-order valence-electron chi connectivity index (χ4n) is 1.96. The van der Waals surface area contributed by atoms with Crippen molar-refractivity contribution < 1.29 is 0 Å². The Hall–Kier alpha value is -0.0400. The van der Waals surface area contributed by atoms with Crippen LogP contribution >= 0.6 is 0 Å². The van der Waals surface area contributed by atoms with Gasteiger partial charge in [0, 0.05) is 17.5 Å². The van der Waals surface area contributed by atoms with Crippen molar-refractivity contribution in [3.63, 3.8) is 0 Å². The minimum atomic E-state index is 0.792. The molecule has 2 aliphatic carbocycles. The number of hydrogen-bond donors (Lipinski definition) is 1. The lowest BCUT2D eigenvalue weighted by Gasteiger charge is -1.79.